The largest absolute Gasteiger partial charge is 0.338 e. The molecule has 274 valence electrons. The number of urea groups is 1. The van der Waals surface area contributed by atoms with Crippen molar-refractivity contribution in [2.24, 2.45) is 0 Å². The minimum absolute atomic E-state index is 0.0295. The minimum atomic E-state index is 0.0295. The predicted octanol–water partition coefficient (Wildman–Crippen LogP) is 14.9. The maximum absolute atomic E-state index is 12.0. The van der Waals surface area contributed by atoms with Crippen LogP contribution in [0.1, 0.15) is 245 Å². The molecule has 0 aliphatic rings. The third-order valence-corrected chi connectivity index (χ3v) is 9.79. The fourth-order valence-corrected chi connectivity index (χ4v) is 6.57. The summed E-state index contributed by atoms with van der Waals surface area (Å²) in [6.45, 7) is 6.21. The van der Waals surface area contributed by atoms with E-state index in [9.17, 15) is 4.79 Å². The van der Waals surface area contributed by atoms with Crippen LogP contribution in [0.2, 0.25) is 0 Å². The SMILES string of the molecule is CCCCCC=CCCCCCCCCCCCCCCCCCNC(=O)NCCCCCCCCCCCCCCCCCC. The third-order valence-electron chi connectivity index (χ3n) is 9.79. The lowest BCUT2D eigenvalue weighted by Crippen LogP contribution is -2.36. The molecule has 0 saturated heterocycles. The highest BCUT2D eigenvalue weighted by atomic mass is 16.2. The number of allylic oxidation sites excluding steroid dienone is 2. The highest BCUT2D eigenvalue weighted by Crippen LogP contribution is 2.15. The van der Waals surface area contributed by atoms with E-state index in [1.54, 1.807) is 0 Å². The van der Waals surface area contributed by atoms with Gasteiger partial charge in [0.05, 0.1) is 0 Å². The molecule has 0 spiro atoms. The lowest BCUT2D eigenvalue weighted by molar-refractivity contribution is 0.240. The highest BCUT2D eigenvalue weighted by molar-refractivity contribution is 5.73. The number of rotatable bonds is 39. The predicted molar refractivity (Wildman–Crippen MR) is 208 cm³/mol. The van der Waals surface area contributed by atoms with Crippen LogP contribution >= 0.6 is 0 Å². The van der Waals surface area contributed by atoms with Gasteiger partial charge in [-0.2, -0.15) is 0 Å². The number of unbranched alkanes of at least 4 members (excludes halogenated alkanes) is 33. The minimum Gasteiger partial charge on any atom is -0.338 e. The molecule has 0 aromatic rings. The first-order valence-corrected chi connectivity index (χ1v) is 21.5. The van der Waals surface area contributed by atoms with E-state index < -0.39 is 0 Å². The smallest absolute Gasteiger partial charge is 0.314 e. The van der Waals surface area contributed by atoms with Crippen LogP contribution in [0.25, 0.3) is 0 Å². The molecule has 0 bridgehead atoms. The Balaban J connectivity index is 3.16. The van der Waals surface area contributed by atoms with Gasteiger partial charge in [0, 0.05) is 13.1 Å². The molecule has 0 saturated carbocycles. The number of carbonyl (C=O) groups excluding carboxylic acids is 1. The first kappa shape index (κ1) is 45.0. The van der Waals surface area contributed by atoms with Gasteiger partial charge in [0.15, 0.2) is 0 Å². The molecule has 2 amide bonds. The first-order chi connectivity index (χ1) is 22.8. The zero-order valence-corrected chi connectivity index (χ0v) is 31.9. The molecule has 0 fully saturated rings. The zero-order valence-electron chi connectivity index (χ0n) is 31.9. The molecule has 0 atom stereocenters. The molecule has 0 unspecified atom stereocenters. The van der Waals surface area contributed by atoms with Crippen molar-refractivity contribution in [2.75, 3.05) is 13.1 Å². The standard InChI is InChI=1S/C43H86N2O/c1-3-5-7-9-11-13-15-17-19-21-22-23-24-25-26-28-30-32-34-36-38-40-42-45-43(46)44-41-39-37-35-33-31-29-27-20-18-16-14-12-10-8-6-4-2/h11,13H,3-10,12,14-42H2,1-2H3,(H2,44,45,46). The molecule has 0 heterocycles. The first-order valence-electron chi connectivity index (χ1n) is 21.5. The fourth-order valence-electron chi connectivity index (χ4n) is 6.57. The third kappa shape index (κ3) is 41.0. The molecular weight excluding hydrogens is 560 g/mol. The molecule has 0 radical (unpaired) electrons. The van der Waals surface area contributed by atoms with Crippen molar-refractivity contribution in [2.45, 2.75) is 245 Å². The van der Waals surface area contributed by atoms with Crippen molar-refractivity contribution in [1.29, 1.82) is 0 Å². The lowest BCUT2D eigenvalue weighted by atomic mass is 10.0. The Morgan fingerprint density at radius 3 is 0.848 bits per heavy atom. The van der Waals surface area contributed by atoms with E-state index >= 15 is 0 Å². The monoisotopic (exact) mass is 647 g/mol. The number of carbonyl (C=O) groups is 1. The Hall–Kier alpha value is -0.990. The second-order valence-electron chi connectivity index (χ2n) is 14.5. The average molecular weight is 647 g/mol. The lowest BCUT2D eigenvalue weighted by Gasteiger charge is -2.08. The summed E-state index contributed by atoms with van der Waals surface area (Å²) in [7, 11) is 0. The summed E-state index contributed by atoms with van der Waals surface area (Å²) >= 11 is 0. The van der Waals surface area contributed by atoms with Crippen molar-refractivity contribution in [3.05, 3.63) is 12.2 Å². The van der Waals surface area contributed by atoms with Gasteiger partial charge in [0.2, 0.25) is 0 Å². The molecule has 2 N–H and O–H groups in total. The Morgan fingerprint density at radius 1 is 0.326 bits per heavy atom. The van der Waals surface area contributed by atoms with Crippen molar-refractivity contribution in [1.82, 2.24) is 10.6 Å². The van der Waals surface area contributed by atoms with Gasteiger partial charge in [0.25, 0.3) is 0 Å². The Kier molecular flexibility index (Phi) is 41.1. The van der Waals surface area contributed by atoms with Crippen molar-refractivity contribution < 1.29 is 4.79 Å². The van der Waals surface area contributed by atoms with E-state index in [-0.39, 0.29) is 6.03 Å². The number of amides is 2. The molecule has 0 rings (SSSR count). The van der Waals surface area contributed by atoms with Crippen LogP contribution in [0.4, 0.5) is 4.79 Å². The summed E-state index contributed by atoms with van der Waals surface area (Å²) in [4.78, 5) is 12.0. The highest BCUT2D eigenvalue weighted by Gasteiger charge is 2.00. The second kappa shape index (κ2) is 42.0. The van der Waals surface area contributed by atoms with Crippen LogP contribution in [-0.2, 0) is 0 Å². The number of hydrogen-bond acceptors (Lipinski definition) is 1. The van der Waals surface area contributed by atoms with Gasteiger partial charge in [-0.15, -0.1) is 0 Å². The maximum Gasteiger partial charge on any atom is 0.314 e. The van der Waals surface area contributed by atoms with Gasteiger partial charge in [-0.05, 0) is 38.5 Å². The maximum atomic E-state index is 12.0. The topological polar surface area (TPSA) is 41.1 Å². The van der Waals surface area contributed by atoms with E-state index in [2.05, 4.69) is 36.6 Å². The van der Waals surface area contributed by atoms with Crippen LogP contribution in [0.5, 0.6) is 0 Å². The Labute approximate surface area is 291 Å². The van der Waals surface area contributed by atoms with E-state index in [4.69, 9.17) is 0 Å². The summed E-state index contributed by atoms with van der Waals surface area (Å²) in [6, 6.07) is 0.0295. The number of nitrogens with one attached hydrogen (secondary N) is 2. The van der Waals surface area contributed by atoms with Gasteiger partial charge in [0.1, 0.15) is 0 Å². The van der Waals surface area contributed by atoms with E-state index in [0.717, 1.165) is 25.9 Å². The molecule has 0 aromatic carbocycles. The summed E-state index contributed by atoms with van der Waals surface area (Å²) < 4.78 is 0. The van der Waals surface area contributed by atoms with Crippen molar-refractivity contribution in [3.8, 4) is 0 Å². The van der Waals surface area contributed by atoms with Gasteiger partial charge < -0.3 is 10.6 Å². The Morgan fingerprint density at radius 2 is 0.543 bits per heavy atom. The van der Waals surface area contributed by atoms with Gasteiger partial charge in [-0.1, -0.05) is 219 Å². The Bertz CT molecular complexity index is 589. The van der Waals surface area contributed by atoms with E-state index in [1.165, 1.54) is 218 Å². The normalized spacial score (nSPS) is 11.5. The van der Waals surface area contributed by atoms with Crippen LogP contribution < -0.4 is 10.6 Å². The van der Waals surface area contributed by atoms with Crippen molar-refractivity contribution in [3.63, 3.8) is 0 Å². The van der Waals surface area contributed by atoms with E-state index in [0.29, 0.717) is 0 Å². The molecule has 3 heteroatoms. The van der Waals surface area contributed by atoms with Crippen LogP contribution in [0, 0.1) is 0 Å². The number of hydrogen-bond donors (Lipinski definition) is 2. The molecule has 0 aromatic heterocycles. The summed E-state index contributed by atoms with van der Waals surface area (Å²) in [6.07, 6.45) is 54.3. The van der Waals surface area contributed by atoms with E-state index in [1.807, 2.05) is 0 Å². The summed E-state index contributed by atoms with van der Waals surface area (Å²) in [5.74, 6) is 0. The van der Waals surface area contributed by atoms with Crippen LogP contribution in [0.3, 0.4) is 0 Å². The molecular formula is C43H86N2O. The van der Waals surface area contributed by atoms with Crippen LogP contribution in [-0.4, -0.2) is 19.1 Å². The zero-order chi connectivity index (χ0) is 33.3. The van der Waals surface area contributed by atoms with Crippen molar-refractivity contribution >= 4 is 6.03 Å². The molecule has 0 aliphatic heterocycles. The molecule has 0 aliphatic carbocycles. The molecule has 46 heavy (non-hydrogen) atoms. The molecule has 3 nitrogen and oxygen atoms in total. The average Bonchev–Trinajstić information content (AvgIpc) is 3.06. The van der Waals surface area contributed by atoms with Gasteiger partial charge in [-0.25, -0.2) is 4.79 Å². The summed E-state index contributed by atoms with van der Waals surface area (Å²) in [5, 5.41) is 6.09. The van der Waals surface area contributed by atoms with Gasteiger partial charge in [-0.3, -0.25) is 0 Å². The summed E-state index contributed by atoms with van der Waals surface area (Å²) in [5.41, 5.74) is 0. The second-order valence-corrected chi connectivity index (χ2v) is 14.5. The van der Waals surface area contributed by atoms with Crippen LogP contribution in [0.15, 0.2) is 12.2 Å². The van der Waals surface area contributed by atoms with Gasteiger partial charge >= 0.3 is 6.03 Å². The fraction of sp³-hybridized carbons (Fsp3) is 0.930. The quantitative estimate of drug-likeness (QED) is 0.0506.